The molecule has 0 aliphatic carbocycles. The lowest BCUT2D eigenvalue weighted by Crippen LogP contribution is -2.49. The van der Waals surface area contributed by atoms with Crippen molar-refractivity contribution < 1.29 is 27.8 Å². The Labute approximate surface area is 185 Å². The second-order valence-corrected chi connectivity index (χ2v) is 8.63. The molecule has 0 spiro atoms. The zero-order chi connectivity index (χ0) is 22.9. The summed E-state index contributed by atoms with van der Waals surface area (Å²) in [6.07, 6.45) is -3.53. The van der Waals surface area contributed by atoms with Crippen molar-refractivity contribution in [2.24, 2.45) is 0 Å². The van der Waals surface area contributed by atoms with E-state index in [9.17, 15) is 23.1 Å². The molecule has 1 unspecified atom stereocenters. The van der Waals surface area contributed by atoms with E-state index in [1.165, 1.54) is 0 Å². The molecule has 0 amide bonds. The van der Waals surface area contributed by atoms with Crippen LogP contribution in [-0.2, 0) is 10.9 Å². The van der Waals surface area contributed by atoms with Gasteiger partial charge in [0.1, 0.15) is 0 Å². The Bertz CT molecular complexity index is 931. The van der Waals surface area contributed by atoms with Crippen LogP contribution in [0.15, 0.2) is 48.5 Å². The number of alkyl halides is 3. The summed E-state index contributed by atoms with van der Waals surface area (Å²) < 4.78 is 44.4. The molecular formula is C24H27F3N2O3. The van der Waals surface area contributed by atoms with Gasteiger partial charge in [0.25, 0.3) is 0 Å². The van der Waals surface area contributed by atoms with Gasteiger partial charge in [0, 0.05) is 43.3 Å². The van der Waals surface area contributed by atoms with Crippen LogP contribution in [-0.4, -0.2) is 60.9 Å². The van der Waals surface area contributed by atoms with Crippen molar-refractivity contribution >= 4 is 11.7 Å². The third kappa shape index (κ3) is 4.91. The van der Waals surface area contributed by atoms with Crippen molar-refractivity contribution in [1.29, 1.82) is 0 Å². The van der Waals surface area contributed by atoms with Gasteiger partial charge in [0.05, 0.1) is 24.3 Å². The fraction of sp³-hybridized carbons (Fsp3) is 0.458. The number of carbonyl (C=O) groups is 1. The maximum Gasteiger partial charge on any atom is 0.416 e. The van der Waals surface area contributed by atoms with Crippen LogP contribution < -0.4 is 4.90 Å². The number of morpholine rings is 1. The zero-order valence-electron chi connectivity index (χ0n) is 17.9. The number of hydrogen-bond acceptors (Lipinski definition) is 4. The molecule has 3 atom stereocenters. The van der Waals surface area contributed by atoms with Crippen LogP contribution in [0.1, 0.15) is 40.7 Å². The Balaban J connectivity index is 1.57. The summed E-state index contributed by atoms with van der Waals surface area (Å²) in [5.41, 5.74) is 1.41. The highest BCUT2D eigenvalue weighted by atomic mass is 19.4. The fourth-order valence-corrected chi connectivity index (χ4v) is 4.69. The smallest absolute Gasteiger partial charge is 0.416 e. The minimum atomic E-state index is -4.35. The van der Waals surface area contributed by atoms with Gasteiger partial charge in [-0.25, -0.2) is 4.79 Å². The van der Waals surface area contributed by atoms with Gasteiger partial charge in [-0.05, 0) is 55.3 Å². The van der Waals surface area contributed by atoms with Crippen LogP contribution in [0.2, 0.25) is 0 Å². The van der Waals surface area contributed by atoms with Crippen LogP contribution >= 0.6 is 0 Å². The summed E-state index contributed by atoms with van der Waals surface area (Å²) in [7, 11) is 0. The lowest BCUT2D eigenvalue weighted by Gasteiger charge is -2.37. The highest BCUT2D eigenvalue weighted by molar-refractivity contribution is 5.88. The summed E-state index contributed by atoms with van der Waals surface area (Å²) in [5, 5.41) is 9.20. The Morgan fingerprint density at radius 3 is 2.41 bits per heavy atom. The molecule has 32 heavy (non-hydrogen) atoms. The maximum atomic E-state index is 13.0. The number of aromatic carboxylic acids is 1. The van der Waals surface area contributed by atoms with Crippen molar-refractivity contribution in [2.45, 2.75) is 37.5 Å². The number of benzene rings is 2. The van der Waals surface area contributed by atoms with E-state index < -0.39 is 17.7 Å². The number of carboxylic acids is 1. The van der Waals surface area contributed by atoms with Gasteiger partial charge in [-0.2, -0.15) is 13.2 Å². The highest BCUT2D eigenvalue weighted by Crippen LogP contribution is 2.37. The molecule has 172 valence electrons. The fourth-order valence-electron chi connectivity index (χ4n) is 4.69. The first-order valence-electron chi connectivity index (χ1n) is 10.8. The van der Waals surface area contributed by atoms with Crippen LogP contribution in [0.5, 0.6) is 0 Å². The number of rotatable bonds is 5. The van der Waals surface area contributed by atoms with E-state index in [1.807, 2.05) is 12.1 Å². The highest BCUT2D eigenvalue weighted by Gasteiger charge is 2.36. The average molecular weight is 448 g/mol. The van der Waals surface area contributed by atoms with Crippen LogP contribution in [0.3, 0.4) is 0 Å². The number of halogens is 3. The first-order valence-corrected chi connectivity index (χ1v) is 10.8. The third-order valence-corrected chi connectivity index (χ3v) is 6.52. The molecule has 8 heteroatoms. The summed E-state index contributed by atoms with van der Waals surface area (Å²) in [5.74, 6) is -0.878. The monoisotopic (exact) mass is 448 g/mol. The largest absolute Gasteiger partial charge is 0.478 e. The molecule has 2 heterocycles. The van der Waals surface area contributed by atoms with Gasteiger partial charge >= 0.3 is 12.1 Å². The summed E-state index contributed by atoms with van der Waals surface area (Å²) in [6, 6.07) is 12.7. The van der Waals surface area contributed by atoms with Crippen LogP contribution in [0, 0.1) is 0 Å². The van der Waals surface area contributed by atoms with Crippen molar-refractivity contribution in [2.75, 3.05) is 37.7 Å². The van der Waals surface area contributed by atoms with Crippen LogP contribution in [0.25, 0.3) is 0 Å². The summed E-state index contributed by atoms with van der Waals surface area (Å²) in [6.45, 7) is 5.83. The van der Waals surface area contributed by atoms with Gasteiger partial charge in [-0.3, -0.25) is 4.90 Å². The number of carboxylic acid groups (broad SMARTS) is 1. The van der Waals surface area contributed by atoms with E-state index in [0.29, 0.717) is 25.8 Å². The SMILES string of the molecule is C[C@H]1COCCN1C[C@@H]1CC(c2ccc(C(F)(F)F)cc2)CN1c1ccc(C(=O)O)cc1. The standard InChI is InChI=1S/C24H27F3N2O3/c1-16-15-32-11-10-28(16)14-22-12-19(17-2-6-20(7-3-17)24(25,26)27)13-29(22)21-8-4-18(5-9-21)23(30)31/h2-9,16,19,22H,10-15H2,1H3,(H,30,31)/t16-,19?,22-/m0/s1. The molecule has 0 bridgehead atoms. The molecule has 4 rings (SSSR count). The molecule has 2 aromatic rings. The molecule has 2 aromatic carbocycles. The number of nitrogens with zero attached hydrogens (tertiary/aromatic N) is 2. The normalized spacial score (nSPS) is 24.6. The molecule has 2 fully saturated rings. The van der Waals surface area contributed by atoms with E-state index in [1.54, 1.807) is 24.3 Å². The predicted molar refractivity (Wildman–Crippen MR) is 115 cm³/mol. The quantitative estimate of drug-likeness (QED) is 0.731. The zero-order valence-corrected chi connectivity index (χ0v) is 17.9. The van der Waals surface area contributed by atoms with Gasteiger partial charge in [0.2, 0.25) is 0 Å². The van der Waals surface area contributed by atoms with E-state index >= 15 is 0 Å². The Hall–Kier alpha value is -2.58. The average Bonchev–Trinajstić information content (AvgIpc) is 3.19. The third-order valence-electron chi connectivity index (χ3n) is 6.52. The molecular weight excluding hydrogens is 421 g/mol. The maximum absolute atomic E-state index is 13.0. The first-order chi connectivity index (χ1) is 15.2. The molecule has 2 aliphatic rings. The predicted octanol–water partition coefficient (Wildman–Crippen LogP) is 4.49. The summed E-state index contributed by atoms with van der Waals surface area (Å²) in [4.78, 5) is 15.9. The Kier molecular flexibility index (Phi) is 6.44. The number of hydrogen-bond donors (Lipinski definition) is 1. The molecule has 2 saturated heterocycles. The lowest BCUT2D eigenvalue weighted by molar-refractivity contribution is -0.137. The molecule has 2 aliphatic heterocycles. The van der Waals surface area contributed by atoms with E-state index in [0.717, 1.165) is 42.9 Å². The van der Waals surface area contributed by atoms with Crippen molar-refractivity contribution in [3.05, 3.63) is 65.2 Å². The molecule has 0 radical (unpaired) electrons. The van der Waals surface area contributed by atoms with E-state index in [2.05, 4.69) is 16.7 Å². The molecule has 0 saturated carbocycles. The van der Waals surface area contributed by atoms with Gasteiger partial charge in [0.15, 0.2) is 0 Å². The Morgan fingerprint density at radius 1 is 1.12 bits per heavy atom. The Morgan fingerprint density at radius 2 is 1.81 bits per heavy atom. The van der Waals surface area contributed by atoms with Gasteiger partial charge in [-0.1, -0.05) is 12.1 Å². The lowest BCUT2D eigenvalue weighted by atomic mass is 9.95. The van der Waals surface area contributed by atoms with Gasteiger partial charge in [-0.15, -0.1) is 0 Å². The first kappa shape index (κ1) is 22.6. The number of anilines is 1. The number of ether oxygens (including phenoxy) is 1. The molecule has 1 N–H and O–H groups in total. The minimum absolute atomic E-state index is 0.0952. The van der Waals surface area contributed by atoms with Crippen molar-refractivity contribution in [3.8, 4) is 0 Å². The second kappa shape index (κ2) is 9.11. The topological polar surface area (TPSA) is 53.0 Å². The van der Waals surface area contributed by atoms with Crippen molar-refractivity contribution in [1.82, 2.24) is 4.90 Å². The second-order valence-electron chi connectivity index (χ2n) is 8.63. The summed E-state index contributed by atoms with van der Waals surface area (Å²) >= 11 is 0. The minimum Gasteiger partial charge on any atom is -0.478 e. The van der Waals surface area contributed by atoms with Crippen LogP contribution in [0.4, 0.5) is 18.9 Å². The van der Waals surface area contributed by atoms with E-state index in [-0.39, 0.29) is 17.5 Å². The molecule has 5 nitrogen and oxygen atoms in total. The molecule has 0 aromatic heterocycles. The van der Waals surface area contributed by atoms with E-state index in [4.69, 9.17) is 4.74 Å². The van der Waals surface area contributed by atoms with Gasteiger partial charge < -0.3 is 14.7 Å². The van der Waals surface area contributed by atoms with Crippen molar-refractivity contribution in [3.63, 3.8) is 0 Å².